The number of hydroxylamine groups is 2. The largest absolute Gasteiger partial charge is 0.299 e. The summed E-state index contributed by atoms with van der Waals surface area (Å²) in [5.74, 6) is 0. The standard InChI is InChI=1S/C10H21NO/c1-4-5-7-10(2)8-6-9-12-11(10)3/h4-9H2,1-3H3. The van der Waals surface area contributed by atoms with Crippen LogP contribution in [0.2, 0.25) is 0 Å². The maximum atomic E-state index is 5.52. The molecular weight excluding hydrogens is 150 g/mol. The van der Waals surface area contributed by atoms with Crippen LogP contribution >= 0.6 is 0 Å². The van der Waals surface area contributed by atoms with Crippen LogP contribution in [0.3, 0.4) is 0 Å². The van der Waals surface area contributed by atoms with Crippen LogP contribution in [-0.2, 0) is 4.84 Å². The van der Waals surface area contributed by atoms with Crippen LogP contribution in [0, 0.1) is 0 Å². The van der Waals surface area contributed by atoms with Crippen molar-refractivity contribution >= 4 is 0 Å². The number of hydrogen-bond acceptors (Lipinski definition) is 2. The van der Waals surface area contributed by atoms with Gasteiger partial charge in [-0.15, -0.1) is 0 Å². The Morgan fingerprint density at radius 2 is 2.25 bits per heavy atom. The number of hydrogen-bond donors (Lipinski definition) is 0. The van der Waals surface area contributed by atoms with Gasteiger partial charge in [0.1, 0.15) is 0 Å². The van der Waals surface area contributed by atoms with Gasteiger partial charge in [0.15, 0.2) is 0 Å². The van der Waals surface area contributed by atoms with Gasteiger partial charge in [-0.25, -0.2) is 0 Å². The van der Waals surface area contributed by atoms with Crippen LogP contribution in [0.15, 0.2) is 0 Å². The van der Waals surface area contributed by atoms with E-state index in [2.05, 4.69) is 26.0 Å². The van der Waals surface area contributed by atoms with Gasteiger partial charge < -0.3 is 0 Å². The molecule has 1 unspecified atom stereocenters. The minimum absolute atomic E-state index is 0.300. The molecule has 12 heavy (non-hydrogen) atoms. The molecule has 1 atom stereocenters. The SMILES string of the molecule is CCCCC1(C)CCCON1C. The first-order chi connectivity index (χ1) is 5.69. The quantitative estimate of drug-likeness (QED) is 0.647. The molecule has 2 nitrogen and oxygen atoms in total. The topological polar surface area (TPSA) is 12.5 Å². The predicted molar refractivity (Wildman–Crippen MR) is 50.9 cm³/mol. The van der Waals surface area contributed by atoms with E-state index in [-0.39, 0.29) is 0 Å². The summed E-state index contributed by atoms with van der Waals surface area (Å²) >= 11 is 0. The van der Waals surface area contributed by atoms with E-state index in [0.29, 0.717) is 5.54 Å². The molecule has 1 heterocycles. The van der Waals surface area contributed by atoms with Crippen molar-refractivity contribution in [1.82, 2.24) is 5.06 Å². The van der Waals surface area contributed by atoms with Crippen molar-refractivity contribution in [2.75, 3.05) is 13.7 Å². The molecule has 0 radical (unpaired) electrons. The molecular formula is C10H21NO. The molecule has 0 bridgehead atoms. The first-order valence-electron chi connectivity index (χ1n) is 5.06. The average molecular weight is 171 g/mol. The van der Waals surface area contributed by atoms with Gasteiger partial charge in [0.05, 0.1) is 6.61 Å². The molecule has 0 spiro atoms. The van der Waals surface area contributed by atoms with E-state index in [1.54, 1.807) is 0 Å². The molecule has 1 fully saturated rings. The van der Waals surface area contributed by atoms with Gasteiger partial charge in [0.25, 0.3) is 0 Å². The van der Waals surface area contributed by atoms with Gasteiger partial charge in [-0.05, 0) is 26.2 Å². The molecule has 0 aromatic heterocycles. The zero-order valence-corrected chi connectivity index (χ0v) is 8.60. The fraction of sp³-hybridized carbons (Fsp3) is 1.00. The van der Waals surface area contributed by atoms with Crippen molar-refractivity contribution in [2.45, 2.75) is 51.5 Å². The van der Waals surface area contributed by atoms with Crippen molar-refractivity contribution in [3.05, 3.63) is 0 Å². The predicted octanol–water partition coefficient (Wildman–Crippen LogP) is 2.59. The number of nitrogens with zero attached hydrogens (tertiary/aromatic N) is 1. The smallest absolute Gasteiger partial charge is 0.0685 e. The van der Waals surface area contributed by atoms with Crippen molar-refractivity contribution in [2.24, 2.45) is 0 Å². The summed E-state index contributed by atoms with van der Waals surface area (Å²) in [6.45, 7) is 5.45. The van der Waals surface area contributed by atoms with E-state index in [1.807, 2.05) is 0 Å². The van der Waals surface area contributed by atoms with E-state index in [4.69, 9.17) is 4.84 Å². The highest BCUT2D eigenvalue weighted by atomic mass is 16.7. The second kappa shape index (κ2) is 4.24. The molecule has 0 amide bonds. The summed E-state index contributed by atoms with van der Waals surface area (Å²) < 4.78 is 0. The molecule has 72 valence electrons. The Balaban J connectivity index is 2.42. The van der Waals surface area contributed by atoms with Crippen LogP contribution in [0.5, 0.6) is 0 Å². The van der Waals surface area contributed by atoms with E-state index in [0.717, 1.165) is 6.61 Å². The van der Waals surface area contributed by atoms with Crippen LogP contribution < -0.4 is 0 Å². The lowest BCUT2D eigenvalue weighted by atomic mass is 9.89. The molecule has 1 rings (SSSR count). The minimum Gasteiger partial charge on any atom is -0.299 e. The fourth-order valence-corrected chi connectivity index (χ4v) is 1.81. The zero-order chi connectivity index (χ0) is 9.03. The minimum atomic E-state index is 0.300. The fourth-order valence-electron chi connectivity index (χ4n) is 1.81. The van der Waals surface area contributed by atoms with Crippen molar-refractivity contribution < 1.29 is 4.84 Å². The Bertz CT molecular complexity index is 138. The Morgan fingerprint density at radius 3 is 2.83 bits per heavy atom. The van der Waals surface area contributed by atoms with E-state index in [1.165, 1.54) is 32.1 Å². The number of rotatable bonds is 3. The second-order valence-electron chi connectivity index (χ2n) is 4.03. The van der Waals surface area contributed by atoms with Gasteiger partial charge in [-0.3, -0.25) is 4.84 Å². The van der Waals surface area contributed by atoms with Gasteiger partial charge in [0, 0.05) is 12.6 Å². The molecule has 0 aliphatic carbocycles. The molecule has 2 heteroatoms. The zero-order valence-electron chi connectivity index (χ0n) is 8.60. The molecule has 1 aliphatic rings. The molecule has 0 aromatic carbocycles. The number of unbranched alkanes of at least 4 members (excludes halogenated alkanes) is 1. The maximum absolute atomic E-state index is 5.52. The normalized spacial score (nSPS) is 32.2. The van der Waals surface area contributed by atoms with Gasteiger partial charge >= 0.3 is 0 Å². The maximum Gasteiger partial charge on any atom is 0.0685 e. The summed E-state index contributed by atoms with van der Waals surface area (Å²) in [5.41, 5.74) is 0.300. The van der Waals surface area contributed by atoms with E-state index >= 15 is 0 Å². The summed E-state index contributed by atoms with van der Waals surface area (Å²) in [6.07, 6.45) is 6.35. The highest BCUT2D eigenvalue weighted by Gasteiger charge is 2.31. The first kappa shape index (κ1) is 10.0. The van der Waals surface area contributed by atoms with Gasteiger partial charge in [-0.2, -0.15) is 5.06 Å². The van der Waals surface area contributed by atoms with E-state index < -0.39 is 0 Å². The molecule has 1 aliphatic heterocycles. The summed E-state index contributed by atoms with van der Waals surface area (Å²) in [4.78, 5) is 5.52. The highest BCUT2D eigenvalue weighted by Crippen LogP contribution is 2.29. The van der Waals surface area contributed by atoms with Crippen molar-refractivity contribution in [3.63, 3.8) is 0 Å². The molecule has 0 aromatic rings. The Morgan fingerprint density at radius 1 is 1.50 bits per heavy atom. The Kier molecular flexibility index (Phi) is 3.53. The molecule has 0 N–H and O–H groups in total. The summed E-state index contributed by atoms with van der Waals surface area (Å²) in [5, 5.41) is 2.06. The lowest BCUT2D eigenvalue weighted by Crippen LogP contribution is -2.47. The van der Waals surface area contributed by atoms with Crippen LogP contribution in [0.25, 0.3) is 0 Å². The van der Waals surface area contributed by atoms with Crippen LogP contribution in [0.1, 0.15) is 46.0 Å². The Hall–Kier alpha value is -0.0800. The first-order valence-corrected chi connectivity index (χ1v) is 5.06. The monoisotopic (exact) mass is 171 g/mol. The van der Waals surface area contributed by atoms with Crippen LogP contribution in [0.4, 0.5) is 0 Å². The third-order valence-corrected chi connectivity index (χ3v) is 2.97. The molecule has 0 saturated carbocycles. The van der Waals surface area contributed by atoms with Gasteiger partial charge in [-0.1, -0.05) is 19.8 Å². The van der Waals surface area contributed by atoms with Crippen molar-refractivity contribution in [1.29, 1.82) is 0 Å². The average Bonchev–Trinajstić information content (AvgIpc) is 2.07. The van der Waals surface area contributed by atoms with E-state index in [9.17, 15) is 0 Å². The Labute approximate surface area is 75.8 Å². The molecule has 1 saturated heterocycles. The van der Waals surface area contributed by atoms with Crippen LogP contribution in [-0.4, -0.2) is 24.3 Å². The summed E-state index contributed by atoms with van der Waals surface area (Å²) in [7, 11) is 2.06. The van der Waals surface area contributed by atoms with Gasteiger partial charge in [0.2, 0.25) is 0 Å². The van der Waals surface area contributed by atoms with Crippen molar-refractivity contribution in [3.8, 4) is 0 Å². The third-order valence-electron chi connectivity index (χ3n) is 2.97. The summed E-state index contributed by atoms with van der Waals surface area (Å²) in [6, 6.07) is 0. The lowest BCUT2D eigenvalue weighted by Gasteiger charge is -2.41. The third kappa shape index (κ3) is 2.20. The second-order valence-corrected chi connectivity index (χ2v) is 4.03. The highest BCUT2D eigenvalue weighted by molar-refractivity contribution is 4.82. The lowest BCUT2D eigenvalue weighted by molar-refractivity contribution is -0.231.